The van der Waals surface area contributed by atoms with Crippen LogP contribution in [0.25, 0.3) is 0 Å². The van der Waals surface area contributed by atoms with Gasteiger partial charge in [-0.05, 0) is 43.4 Å². The maximum absolute atomic E-state index is 13.1. The number of aliphatic hydroxyl groups is 2. The third kappa shape index (κ3) is 13.8. The highest BCUT2D eigenvalue weighted by molar-refractivity contribution is 5.94. The second kappa shape index (κ2) is 19.4. The molecule has 0 aromatic heterocycles. The van der Waals surface area contributed by atoms with E-state index in [2.05, 4.69) is 12.2 Å². The molecule has 12 nitrogen and oxygen atoms in total. The van der Waals surface area contributed by atoms with Crippen molar-refractivity contribution >= 4 is 29.6 Å². The van der Waals surface area contributed by atoms with Crippen LogP contribution >= 0.6 is 0 Å². The molecule has 1 amide bonds. The molecule has 0 saturated carbocycles. The number of aliphatic carboxylic acids is 3. The topological polar surface area (TPSA) is 219 Å². The summed E-state index contributed by atoms with van der Waals surface area (Å²) in [6.07, 6.45) is 7.61. The largest absolute Gasteiger partial charge is 0.508 e. The zero-order valence-electron chi connectivity index (χ0n) is 24.6. The minimum absolute atomic E-state index is 0.0505. The maximum Gasteiger partial charge on any atom is 0.337 e. The lowest BCUT2D eigenvalue weighted by atomic mass is 9.82. The normalized spacial score (nSPS) is 14.9. The number of carboxylic acids is 3. The Morgan fingerprint density at radius 2 is 1.53 bits per heavy atom. The number of rotatable bonds is 23. The fraction of sp³-hybridized carbons (Fsp3) is 0.581. The van der Waals surface area contributed by atoms with Crippen LogP contribution in [0, 0.1) is 5.92 Å². The molecule has 7 N–H and O–H groups in total. The molecular weight excluding hydrogens is 562 g/mol. The van der Waals surface area contributed by atoms with Crippen LogP contribution in [-0.4, -0.2) is 78.0 Å². The number of nitrogens with one attached hydrogen (secondary N) is 1. The van der Waals surface area contributed by atoms with Gasteiger partial charge in [0.15, 0.2) is 11.4 Å². The summed E-state index contributed by atoms with van der Waals surface area (Å²) in [5.74, 6) is -8.39. The fourth-order valence-corrected chi connectivity index (χ4v) is 4.58. The van der Waals surface area contributed by atoms with E-state index in [0.29, 0.717) is 44.1 Å². The van der Waals surface area contributed by atoms with Crippen molar-refractivity contribution in [1.82, 2.24) is 5.32 Å². The van der Waals surface area contributed by atoms with E-state index in [-0.39, 0.29) is 24.4 Å². The van der Waals surface area contributed by atoms with Crippen LogP contribution in [0.4, 0.5) is 0 Å². The van der Waals surface area contributed by atoms with Gasteiger partial charge in [-0.2, -0.15) is 0 Å². The average Bonchev–Trinajstić information content (AvgIpc) is 2.94. The van der Waals surface area contributed by atoms with Gasteiger partial charge in [0, 0.05) is 12.8 Å². The van der Waals surface area contributed by atoms with E-state index in [4.69, 9.17) is 0 Å². The molecule has 0 aliphatic carbocycles. The summed E-state index contributed by atoms with van der Waals surface area (Å²) in [4.78, 5) is 60.3. The van der Waals surface area contributed by atoms with E-state index in [1.54, 1.807) is 0 Å². The van der Waals surface area contributed by atoms with Gasteiger partial charge in [-0.3, -0.25) is 14.4 Å². The Bertz CT molecular complexity index is 1090. The lowest BCUT2D eigenvalue weighted by Crippen LogP contribution is -2.55. The Kier molecular flexibility index (Phi) is 16.8. The average molecular weight is 608 g/mol. The van der Waals surface area contributed by atoms with E-state index in [9.17, 15) is 54.6 Å². The molecule has 0 bridgehead atoms. The maximum atomic E-state index is 13.1. The molecule has 4 unspecified atom stereocenters. The van der Waals surface area contributed by atoms with Gasteiger partial charge in [0.1, 0.15) is 17.9 Å². The number of phenols is 1. The number of unbranched alkanes of at least 4 members (excludes halogenated alkanes) is 7. The minimum Gasteiger partial charge on any atom is -0.508 e. The number of aliphatic hydroxyl groups excluding tert-OH is 1. The number of carbonyl (C=O) groups excluding carboxylic acids is 2. The first kappa shape index (κ1) is 37.3. The van der Waals surface area contributed by atoms with Gasteiger partial charge in [0.05, 0.1) is 12.3 Å². The van der Waals surface area contributed by atoms with Gasteiger partial charge in [-0.25, -0.2) is 9.59 Å². The van der Waals surface area contributed by atoms with Crippen molar-refractivity contribution in [3.05, 3.63) is 42.0 Å². The van der Waals surface area contributed by atoms with Crippen LogP contribution < -0.4 is 5.32 Å². The van der Waals surface area contributed by atoms with Gasteiger partial charge in [0.2, 0.25) is 5.91 Å². The van der Waals surface area contributed by atoms with Crippen LogP contribution in [0.2, 0.25) is 0 Å². The van der Waals surface area contributed by atoms with Crippen molar-refractivity contribution < 1.29 is 54.6 Å². The van der Waals surface area contributed by atoms with Gasteiger partial charge >= 0.3 is 17.9 Å². The lowest BCUT2D eigenvalue weighted by molar-refractivity contribution is -0.172. The molecule has 1 aromatic rings. The summed E-state index contributed by atoms with van der Waals surface area (Å²) in [6, 6.07) is 4.01. The van der Waals surface area contributed by atoms with E-state index in [0.717, 1.165) is 31.8 Å². The summed E-state index contributed by atoms with van der Waals surface area (Å²) >= 11 is 0. The number of allylic oxidation sites excluding steroid dienone is 1. The third-order valence-corrected chi connectivity index (χ3v) is 7.15. The number of hydrogen-bond donors (Lipinski definition) is 7. The highest BCUT2D eigenvalue weighted by atomic mass is 16.4. The zero-order valence-corrected chi connectivity index (χ0v) is 24.6. The minimum atomic E-state index is -3.05. The molecular formula is C31H45NO11. The molecule has 1 aromatic carbocycles. The van der Waals surface area contributed by atoms with Crippen LogP contribution in [-0.2, 0) is 30.4 Å². The zero-order chi connectivity index (χ0) is 32.4. The summed E-state index contributed by atoms with van der Waals surface area (Å²) in [7, 11) is 0. The fourth-order valence-electron chi connectivity index (χ4n) is 4.58. The summed E-state index contributed by atoms with van der Waals surface area (Å²) < 4.78 is 0. The smallest absolute Gasteiger partial charge is 0.337 e. The number of amides is 1. The third-order valence-electron chi connectivity index (χ3n) is 7.15. The van der Waals surface area contributed by atoms with Gasteiger partial charge in [-0.1, -0.05) is 69.7 Å². The van der Waals surface area contributed by atoms with Crippen molar-refractivity contribution in [3.8, 4) is 5.75 Å². The van der Waals surface area contributed by atoms with Gasteiger partial charge in [0.25, 0.3) is 0 Å². The van der Waals surface area contributed by atoms with Crippen LogP contribution in [0.15, 0.2) is 36.4 Å². The molecule has 1 rings (SSSR count). The summed E-state index contributed by atoms with van der Waals surface area (Å²) in [6.45, 7) is 2.08. The second-order valence-electron chi connectivity index (χ2n) is 10.8. The number of carboxylic acid groups (broad SMARTS) is 3. The number of ketones is 1. The Morgan fingerprint density at radius 1 is 0.907 bits per heavy atom. The number of Topliss-reactive ketones (excluding diaryl/α,β-unsaturated/α-hetero) is 1. The summed E-state index contributed by atoms with van der Waals surface area (Å²) in [5.41, 5.74) is -2.61. The number of carbonyl (C=O) groups is 5. The monoisotopic (exact) mass is 607 g/mol. The molecule has 0 aliphatic rings. The molecule has 4 atom stereocenters. The molecule has 12 heteroatoms. The van der Waals surface area contributed by atoms with Gasteiger partial charge < -0.3 is 36.0 Å². The predicted octanol–water partition coefficient (Wildman–Crippen LogP) is 3.21. The Hall–Kier alpha value is -3.77. The first-order valence-electron chi connectivity index (χ1n) is 14.7. The van der Waals surface area contributed by atoms with Crippen LogP contribution in [0.5, 0.6) is 5.75 Å². The van der Waals surface area contributed by atoms with Crippen molar-refractivity contribution in [2.75, 3.05) is 0 Å². The number of phenolic OH excluding ortho intramolecular Hbond substituents is 1. The van der Waals surface area contributed by atoms with Crippen LogP contribution in [0.1, 0.15) is 89.5 Å². The Balaban J connectivity index is 2.79. The van der Waals surface area contributed by atoms with E-state index < -0.39 is 53.9 Å². The van der Waals surface area contributed by atoms with Crippen molar-refractivity contribution in [1.29, 1.82) is 0 Å². The first-order valence-corrected chi connectivity index (χ1v) is 14.7. The van der Waals surface area contributed by atoms with E-state index in [1.165, 1.54) is 30.3 Å². The van der Waals surface area contributed by atoms with Crippen molar-refractivity contribution in [2.24, 2.45) is 5.92 Å². The van der Waals surface area contributed by atoms with Crippen LogP contribution in [0.3, 0.4) is 0 Å². The molecule has 0 radical (unpaired) electrons. The number of benzene rings is 1. The molecule has 43 heavy (non-hydrogen) atoms. The lowest BCUT2D eigenvalue weighted by Gasteiger charge is -2.29. The first-order chi connectivity index (χ1) is 20.3. The van der Waals surface area contributed by atoms with E-state index >= 15 is 0 Å². The summed E-state index contributed by atoms with van der Waals surface area (Å²) in [5, 5.41) is 60.9. The van der Waals surface area contributed by atoms with Gasteiger partial charge in [-0.15, -0.1) is 0 Å². The van der Waals surface area contributed by atoms with E-state index in [1.807, 2.05) is 0 Å². The molecule has 240 valence electrons. The Labute approximate surface area is 251 Å². The standard InChI is InChI=1S/C31H45NO11/c1-2-3-4-10-13-25(34)26(35)14-11-8-6-5-7-9-12-23(31(43,30(41)42)20-27(36)37)28(38)32-24(29(39)40)19-21-15-17-22(33)18-16-21/h9,12,15-18,23-25,33-34,43H,2-8,10-11,13-14,19-20H2,1H3,(H,32,38)(H,36,37)(H,39,40)(H,41,42). The molecule has 0 fully saturated rings. The molecule has 0 aliphatic heterocycles. The molecule has 0 heterocycles. The predicted molar refractivity (Wildman–Crippen MR) is 156 cm³/mol. The van der Waals surface area contributed by atoms with Crippen molar-refractivity contribution in [2.45, 2.75) is 108 Å². The quantitative estimate of drug-likeness (QED) is 0.0707. The number of aromatic hydroxyl groups is 1. The highest BCUT2D eigenvalue weighted by Gasteiger charge is 2.49. The molecule has 0 spiro atoms. The number of hydrogen-bond acceptors (Lipinski definition) is 8. The van der Waals surface area contributed by atoms with Crippen molar-refractivity contribution in [3.63, 3.8) is 0 Å². The SMILES string of the molecule is CCCCCCC(O)C(=O)CCCCCCC=CC(C(=O)NC(Cc1ccc(O)cc1)C(=O)O)C(O)(CC(=O)O)C(=O)O. The molecule has 0 saturated heterocycles. The second-order valence-corrected chi connectivity index (χ2v) is 10.8. The highest BCUT2D eigenvalue weighted by Crippen LogP contribution is 2.26. The Morgan fingerprint density at radius 3 is 2.12 bits per heavy atom.